The smallest absolute Gasteiger partial charge is 0.250 e. The molecule has 2 saturated heterocycles. The van der Waals surface area contributed by atoms with E-state index in [0.29, 0.717) is 39.0 Å². The molecule has 2 aliphatic heterocycles. The first-order valence-electron chi connectivity index (χ1n) is 13.1. The van der Waals surface area contributed by atoms with Crippen molar-refractivity contribution in [1.29, 1.82) is 0 Å². The van der Waals surface area contributed by atoms with Crippen LogP contribution in [-0.2, 0) is 14.4 Å². The Morgan fingerprint density at radius 3 is 2.29 bits per heavy atom. The summed E-state index contributed by atoms with van der Waals surface area (Å²) in [6, 6.07) is 9.98. The van der Waals surface area contributed by atoms with Gasteiger partial charge in [-0.1, -0.05) is 57.2 Å². The Morgan fingerprint density at radius 1 is 1.00 bits per heavy atom. The lowest BCUT2D eigenvalue weighted by molar-refractivity contribution is -0.140. The van der Waals surface area contributed by atoms with E-state index in [0.717, 1.165) is 18.5 Å². The second-order valence-corrected chi connectivity index (χ2v) is 10.1. The third-order valence-corrected chi connectivity index (χ3v) is 7.05. The van der Waals surface area contributed by atoms with E-state index in [2.05, 4.69) is 17.1 Å². The highest BCUT2D eigenvalue weighted by Crippen LogP contribution is 2.39. The highest BCUT2D eigenvalue weighted by molar-refractivity contribution is 5.96. The number of unbranched alkanes of at least 4 members (excludes halogenated alkanes) is 5. The molecule has 0 bridgehead atoms. The molecule has 3 rings (SSSR count). The number of amides is 3. The minimum absolute atomic E-state index is 0.00159. The summed E-state index contributed by atoms with van der Waals surface area (Å²) in [4.78, 5) is 44.6. The maximum absolute atomic E-state index is 13.7. The van der Waals surface area contributed by atoms with Crippen LogP contribution in [0.4, 0.5) is 5.69 Å². The lowest BCUT2D eigenvalue weighted by atomic mass is 9.85. The van der Waals surface area contributed by atoms with Gasteiger partial charge in [0.1, 0.15) is 12.1 Å². The lowest BCUT2D eigenvalue weighted by Gasteiger charge is -2.43. The summed E-state index contributed by atoms with van der Waals surface area (Å²) in [5.74, 6) is 0.0634. The third kappa shape index (κ3) is 6.30. The van der Waals surface area contributed by atoms with Gasteiger partial charge in [-0.2, -0.15) is 0 Å². The number of carbonyl (C=O) groups excluding carboxylic acids is 3. The van der Waals surface area contributed by atoms with Gasteiger partial charge in [-0.3, -0.25) is 14.4 Å². The molecule has 188 valence electrons. The lowest BCUT2D eigenvalue weighted by Crippen LogP contribution is -2.57. The van der Waals surface area contributed by atoms with Crippen LogP contribution in [0.15, 0.2) is 30.3 Å². The number of para-hydroxylation sites is 1. The van der Waals surface area contributed by atoms with Gasteiger partial charge >= 0.3 is 0 Å². The summed E-state index contributed by atoms with van der Waals surface area (Å²) in [5, 5.41) is 2.89. The van der Waals surface area contributed by atoms with Gasteiger partial charge in [0.15, 0.2) is 0 Å². The standard InChI is InChI=1S/C27H42N4O3/c1-4-5-6-7-8-12-15-25(33)29-18-16-27(17-19-29)26(34)30(20-24(32)28-22(2)3)21-31(27)23-13-10-9-11-14-23/h9-11,13-14,22H,4-8,12,15-21H2,1-3H3,(H,28,32). The monoisotopic (exact) mass is 470 g/mol. The van der Waals surface area contributed by atoms with Gasteiger partial charge in [0.25, 0.3) is 5.91 Å². The van der Waals surface area contributed by atoms with Crippen LogP contribution >= 0.6 is 0 Å². The molecule has 0 unspecified atom stereocenters. The zero-order valence-electron chi connectivity index (χ0n) is 21.2. The molecule has 2 heterocycles. The van der Waals surface area contributed by atoms with Crippen molar-refractivity contribution in [2.24, 2.45) is 0 Å². The van der Waals surface area contributed by atoms with Gasteiger partial charge in [-0.25, -0.2) is 0 Å². The number of likely N-dealkylation sites (tertiary alicyclic amines) is 1. The van der Waals surface area contributed by atoms with Crippen LogP contribution in [0.25, 0.3) is 0 Å². The van der Waals surface area contributed by atoms with Gasteiger partial charge in [0, 0.05) is 31.2 Å². The predicted octanol–water partition coefficient (Wildman–Crippen LogP) is 3.93. The number of rotatable bonds is 11. The van der Waals surface area contributed by atoms with Crippen molar-refractivity contribution < 1.29 is 14.4 Å². The molecule has 7 nitrogen and oxygen atoms in total. The number of nitrogens with one attached hydrogen (secondary N) is 1. The minimum Gasteiger partial charge on any atom is -0.352 e. The average Bonchev–Trinajstić information content (AvgIpc) is 3.07. The van der Waals surface area contributed by atoms with Gasteiger partial charge < -0.3 is 20.0 Å². The quantitative estimate of drug-likeness (QED) is 0.498. The van der Waals surface area contributed by atoms with Crippen LogP contribution in [0, 0.1) is 0 Å². The van der Waals surface area contributed by atoms with Crippen molar-refractivity contribution in [2.75, 3.05) is 31.2 Å². The summed E-state index contributed by atoms with van der Waals surface area (Å²) in [6.07, 6.45) is 8.77. The Kier molecular flexibility index (Phi) is 9.36. The molecule has 1 spiro atoms. The first-order valence-corrected chi connectivity index (χ1v) is 13.1. The van der Waals surface area contributed by atoms with E-state index in [1.807, 2.05) is 49.1 Å². The summed E-state index contributed by atoms with van der Waals surface area (Å²) in [5.41, 5.74) is 0.283. The SMILES string of the molecule is CCCCCCCCC(=O)N1CCC2(CC1)C(=O)N(CC(=O)NC(C)C)CN2c1ccccc1. The Hall–Kier alpha value is -2.57. The number of benzene rings is 1. The molecular formula is C27H42N4O3. The second-order valence-electron chi connectivity index (χ2n) is 10.1. The van der Waals surface area contributed by atoms with Crippen molar-refractivity contribution in [1.82, 2.24) is 15.1 Å². The Balaban J connectivity index is 1.64. The molecule has 3 amide bonds. The maximum Gasteiger partial charge on any atom is 0.250 e. The molecule has 1 aromatic rings. The predicted molar refractivity (Wildman–Crippen MR) is 135 cm³/mol. The zero-order chi connectivity index (χ0) is 24.6. The molecule has 0 atom stereocenters. The van der Waals surface area contributed by atoms with Gasteiger partial charge in [-0.15, -0.1) is 0 Å². The van der Waals surface area contributed by atoms with Crippen LogP contribution in [0.2, 0.25) is 0 Å². The highest BCUT2D eigenvalue weighted by Gasteiger charge is 2.54. The van der Waals surface area contributed by atoms with Crippen molar-refractivity contribution in [3.8, 4) is 0 Å². The summed E-state index contributed by atoms with van der Waals surface area (Å²) >= 11 is 0. The molecule has 0 aromatic heterocycles. The van der Waals surface area contributed by atoms with Crippen molar-refractivity contribution in [3.05, 3.63) is 30.3 Å². The summed E-state index contributed by atoms with van der Waals surface area (Å²) < 4.78 is 0. The van der Waals surface area contributed by atoms with Gasteiger partial charge in [-0.05, 0) is 45.2 Å². The van der Waals surface area contributed by atoms with E-state index in [1.54, 1.807) is 4.90 Å². The molecule has 2 aliphatic rings. The zero-order valence-corrected chi connectivity index (χ0v) is 21.2. The van der Waals surface area contributed by atoms with E-state index >= 15 is 0 Å². The normalized spacial score (nSPS) is 17.6. The first-order chi connectivity index (χ1) is 16.4. The molecule has 0 aliphatic carbocycles. The molecule has 2 fully saturated rings. The Bertz CT molecular complexity index is 818. The topological polar surface area (TPSA) is 73.0 Å². The molecule has 1 N–H and O–H groups in total. The maximum atomic E-state index is 13.7. The first kappa shape index (κ1) is 26.0. The van der Waals surface area contributed by atoms with E-state index < -0.39 is 5.54 Å². The molecule has 0 radical (unpaired) electrons. The molecule has 34 heavy (non-hydrogen) atoms. The van der Waals surface area contributed by atoms with Gasteiger partial charge in [0.2, 0.25) is 11.8 Å². The van der Waals surface area contributed by atoms with Crippen molar-refractivity contribution >= 4 is 23.4 Å². The number of hydrogen-bond acceptors (Lipinski definition) is 4. The van der Waals surface area contributed by atoms with Crippen LogP contribution in [0.3, 0.4) is 0 Å². The van der Waals surface area contributed by atoms with E-state index in [-0.39, 0.29) is 30.3 Å². The molecule has 1 aromatic carbocycles. The van der Waals surface area contributed by atoms with Crippen LogP contribution in [0.5, 0.6) is 0 Å². The van der Waals surface area contributed by atoms with Gasteiger partial charge in [0.05, 0.1) is 6.67 Å². The average molecular weight is 471 g/mol. The van der Waals surface area contributed by atoms with E-state index in [4.69, 9.17) is 0 Å². The minimum atomic E-state index is -0.698. The number of piperidine rings is 1. The largest absolute Gasteiger partial charge is 0.352 e. The Labute approximate surface area is 204 Å². The van der Waals surface area contributed by atoms with Crippen molar-refractivity contribution in [3.63, 3.8) is 0 Å². The molecule has 0 saturated carbocycles. The summed E-state index contributed by atoms with van der Waals surface area (Å²) in [6.45, 7) is 7.65. The summed E-state index contributed by atoms with van der Waals surface area (Å²) in [7, 11) is 0. The number of nitrogens with zero attached hydrogens (tertiary/aromatic N) is 3. The fraction of sp³-hybridized carbons (Fsp3) is 0.667. The highest BCUT2D eigenvalue weighted by atomic mass is 16.2. The number of carbonyl (C=O) groups is 3. The number of anilines is 1. The Morgan fingerprint density at radius 2 is 1.65 bits per heavy atom. The fourth-order valence-corrected chi connectivity index (χ4v) is 5.20. The second kappa shape index (κ2) is 12.2. The van der Waals surface area contributed by atoms with E-state index in [1.165, 1.54) is 25.7 Å². The fourth-order valence-electron chi connectivity index (χ4n) is 5.20. The molecule has 7 heteroatoms. The number of hydrogen-bond donors (Lipinski definition) is 1. The third-order valence-electron chi connectivity index (χ3n) is 7.05. The van der Waals surface area contributed by atoms with Crippen LogP contribution < -0.4 is 10.2 Å². The van der Waals surface area contributed by atoms with Crippen LogP contribution in [-0.4, -0.2) is 65.4 Å². The van der Waals surface area contributed by atoms with E-state index in [9.17, 15) is 14.4 Å². The van der Waals surface area contributed by atoms with Crippen molar-refractivity contribution in [2.45, 2.75) is 90.1 Å². The van der Waals surface area contributed by atoms with Crippen LogP contribution in [0.1, 0.15) is 78.6 Å². The molecular weight excluding hydrogens is 428 g/mol.